The Morgan fingerprint density at radius 2 is 0.974 bits per heavy atom. The summed E-state index contributed by atoms with van der Waals surface area (Å²) < 4.78 is 16.8. The van der Waals surface area contributed by atoms with E-state index in [0.29, 0.717) is 0 Å². The van der Waals surface area contributed by atoms with Crippen LogP contribution in [0.15, 0.2) is 110 Å². The first-order chi connectivity index (χ1) is 18.6. The van der Waals surface area contributed by atoms with Crippen LogP contribution in [0.1, 0.15) is 11.4 Å². The van der Waals surface area contributed by atoms with E-state index < -0.39 is 11.1 Å². The molecule has 6 nitrogen and oxygen atoms in total. The van der Waals surface area contributed by atoms with Crippen molar-refractivity contribution >= 4 is 23.0 Å². The minimum absolute atomic E-state index is 0.504. The number of nitrogens with zero attached hydrogens (tertiary/aromatic N) is 4. The lowest BCUT2D eigenvalue weighted by molar-refractivity contribution is -0.734. The van der Waals surface area contributed by atoms with E-state index in [1.54, 1.807) is 0 Å². The summed E-state index contributed by atoms with van der Waals surface area (Å²) in [6.45, 7) is 4.02. The number of hydrogen-bond donors (Lipinski definition) is 0. The van der Waals surface area contributed by atoms with E-state index in [4.69, 9.17) is 9.47 Å². The predicted octanol–water partition coefficient (Wildman–Crippen LogP) is 0.792. The second kappa shape index (κ2) is 7.35. The zero-order chi connectivity index (χ0) is 25.5. The van der Waals surface area contributed by atoms with Crippen LogP contribution >= 0.6 is 0 Å². The molecule has 0 saturated carbocycles. The molecule has 6 heterocycles. The van der Waals surface area contributed by atoms with Gasteiger partial charge < -0.3 is 9.47 Å². The Morgan fingerprint density at radius 3 is 1.39 bits per heavy atom. The summed E-state index contributed by atoms with van der Waals surface area (Å²) in [5, 5.41) is 4.34. The Morgan fingerprint density at radius 1 is 0.579 bits per heavy atom. The van der Waals surface area contributed by atoms with E-state index in [9.17, 15) is 0 Å². The molecule has 4 aliphatic rings. The topological polar surface area (TPSA) is 52.0 Å². The van der Waals surface area contributed by atoms with Crippen LogP contribution in [-0.4, -0.2) is 9.97 Å². The van der Waals surface area contributed by atoms with Gasteiger partial charge in [0.05, 0.1) is 10.4 Å². The van der Waals surface area contributed by atoms with Gasteiger partial charge in [-0.2, -0.15) is 9.13 Å². The fourth-order valence-electron chi connectivity index (χ4n) is 6.13. The van der Waals surface area contributed by atoms with Gasteiger partial charge in [0, 0.05) is 70.6 Å². The highest BCUT2D eigenvalue weighted by Crippen LogP contribution is 2.48. The van der Waals surface area contributed by atoms with Crippen LogP contribution < -0.4 is 30.0 Å². The van der Waals surface area contributed by atoms with E-state index in [2.05, 4.69) is 80.3 Å². The standard InChI is InChI=1S/C32H24N4O2/c1-21-17-23-25(19-33-21)29-31(27(23)37-29,35-13-7-3-8-14-35)11-5-6-12-32(36-15-9-4-10-16-36)28-24-18-22(2)34-20-26(24)30(32)38-28/h3-20H,1-2H3/q+2/b11-5+,12-6+/t31-,32-/m1/s1. The number of hydrogen-bond acceptors (Lipinski definition) is 4. The third-order valence-electron chi connectivity index (χ3n) is 7.88. The van der Waals surface area contributed by atoms with E-state index in [-0.39, 0.29) is 0 Å². The monoisotopic (exact) mass is 496 g/mol. The minimum Gasteiger partial charge on any atom is -0.448 e. The van der Waals surface area contributed by atoms with Gasteiger partial charge in [0.1, 0.15) is 0 Å². The first-order valence-electron chi connectivity index (χ1n) is 12.7. The summed E-state index contributed by atoms with van der Waals surface area (Å²) in [5.41, 5.74) is 0.944. The Labute approximate surface area is 218 Å². The van der Waals surface area contributed by atoms with Gasteiger partial charge in [-0.1, -0.05) is 24.3 Å². The second-order valence-electron chi connectivity index (χ2n) is 10.1. The van der Waals surface area contributed by atoms with Crippen LogP contribution in [-0.2, 0) is 20.6 Å². The largest absolute Gasteiger partial charge is 0.448 e. The second-order valence-corrected chi connectivity index (χ2v) is 10.1. The van der Waals surface area contributed by atoms with Crippen molar-refractivity contribution in [1.82, 2.24) is 9.97 Å². The molecule has 0 spiro atoms. The van der Waals surface area contributed by atoms with E-state index in [1.807, 2.05) is 62.6 Å². The molecule has 2 aliphatic carbocycles. The van der Waals surface area contributed by atoms with Gasteiger partial charge in [-0.15, -0.1) is 0 Å². The summed E-state index contributed by atoms with van der Waals surface area (Å²) >= 11 is 0. The van der Waals surface area contributed by atoms with Crippen LogP contribution in [0.4, 0.5) is 0 Å². The number of aromatic nitrogens is 4. The van der Waals surface area contributed by atoms with Gasteiger partial charge in [-0.3, -0.25) is 9.97 Å². The highest BCUT2D eigenvalue weighted by atomic mass is 16.5. The molecule has 4 bridgehead atoms. The molecule has 0 amide bonds. The Bertz CT molecular complexity index is 1850. The number of allylic oxidation sites excluding steroid dienone is 2. The molecule has 0 unspecified atom stereocenters. The van der Waals surface area contributed by atoms with Crippen molar-refractivity contribution in [2.24, 2.45) is 0 Å². The van der Waals surface area contributed by atoms with Crippen molar-refractivity contribution in [2.75, 3.05) is 0 Å². The van der Waals surface area contributed by atoms with Gasteiger partial charge in [-0.25, -0.2) is 0 Å². The number of rotatable bonds is 5. The highest BCUT2D eigenvalue weighted by Gasteiger charge is 2.63. The zero-order valence-electron chi connectivity index (χ0n) is 21.0. The summed E-state index contributed by atoms with van der Waals surface area (Å²) in [4.78, 5) is 9.06. The molecule has 2 fully saturated rings. The quantitative estimate of drug-likeness (QED) is 0.303. The highest BCUT2D eigenvalue weighted by molar-refractivity contribution is 5.85. The van der Waals surface area contributed by atoms with Crippen molar-refractivity contribution in [3.63, 3.8) is 0 Å². The molecule has 0 N–H and O–H groups in total. The molecular formula is C32H24N4O2+2. The minimum atomic E-state index is -0.504. The van der Waals surface area contributed by atoms with Crippen LogP contribution in [0.5, 0.6) is 0 Å². The molecule has 4 aromatic heterocycles. The van der Waals surface area contributed by atoms with Crippen molar-refractivity contribution in [1.29, 1.82) is 0 Å². The average molecular weight is 497 g/mol. The summed E-state index contributed by atoms with van der Waals surface area (Å²) in [6.07, 6.45) is 20.9. The lowest BCUT2D eigenvalue weighted by Crippen LogP contribution is -2.61. The molecule has 2 saturated heterocycles. The smallest absolute Gasteiger partial charge is 0.302 e. The lowest BCUT2D eigenvalue weighted by Gasteiger charge is -2.35. The molecule has 0 aromatic carbocycles. The molecule has 0 radical (unpaired) electrons. The average Bonchev–Trinajstić information content (AvgIpc) is 3.64. The number of fused-ring (bicyclic) bond motifs is 6. The normalized spacial score (nSPS) is 23.7. The number of ether oxygens (including phenoxy) is 2. The lowest BCUT2D eigenvalue weighted by atomic mass is 9.88. The van der Waals surface area contributed by atoms with Gasteiger partial charge in [0.25, 0.3) is 0 Å². The van der Waals surface area contributed by atoms with Gasteiger partial charge >= 0.3 is 11.1 Å². The van der Waals surface area contributed by atoms with Crippen molar-refractivity contribution < 1.29 is 18.6 Å². The first kappa shape index (κ1) is 21.3. The number of pyridine rings is 4. The fraction of sp³-hybridized carbons (Fsp3) is 0.125. The Hall–Kier alpha value is -4.84. The van der Waals surface area contributed by atoms with Crippen LogP contribution in [0.3, 0.4) is 0 Å². The van der Waals surface area contributed by atoms with Crippen LogP contribution in [0, 0.1) is 13.8 Å². The third kappa shape index (κ3) is 2.52. The van der Waals surface area contributed by atoms with Gasteiger partial charge in [0.2, 0.25) is 0 Å². The maximum atomic E-state index is 6.20. The molecule has 38 heavy (non-hydrogen) atoms. The SMILES string of the molecule is Cc1cc2c(cn1)=C1OC=2[C@@]1(/C=C/C=C/[C@]1([n+]2ccccc2)C2=c3cnc(C)cc3=C1O2)[n+]1ccccc1. The summed E-state index contributed by atoms with van der Waals surface area (Å²) in [5.74, 6) is 3.69. The molecule has 182 valence electrons. The molecular weight excluding hydrogens is 472 g/mol. The maximum absolute atomic E-state index is 6.20. The predicted molar refractivity (Wildman–Crippen MR) is 140 cm³/mol. The van der Waals surface area contributed by atoms with Crippen molar-refractivity contribution in [2.45, 2.75) is 24.9 Å². The molecule has 2 atom stereocenters. The molecule has 2 aliphatic heterocycles. The summed E-state index contributed by atoms with van der Waals surface area (Å²) in [6, 6.07) is 16.5. The van der Waals surface area contributed by atoms with Crippen LogP contribution in [0.25, 0.3) is 23.0 Å². The van der Waals surface area contributed by atoms with Crippen molar-refractivity contribution in [3.05, 3.63) is 142 Å². The third-order valence-corrected chi connectivity index (χ3v) is 7.88. The number of aryl methyl sites for hydroxylation is 2. The van der Waals surface area contributed by atoms with E-state index >= 15 is 0 Å². The van der Waals surface area contributed by atoms with E-state index in [0.717, 1.165) is 55.3 Å². The molecule has 8 rings (SSSR count). The fourth-order valence-corrected chi connectivity index (χ4v) is 6.13. The van der Waals surface area contributed by atoms with Gasteiger partial charge in [0.15, 0.2) is 47.8 Å². The zero-order valence-corrected chi connectivity index (χ0v) is 21.0. The Kier molecular flexibility index (Phi) is 4.12. The maximum Gasteiger partial charge on any atom is 0.302 e. The van der Waals surface area contributed by atoms with Crippen LogP contribution in [0.2, 0.25) is 0 Å². The Balaban J connectivity index is 1.26. The molecule has 6 heteroatoms. The van der Waals surface area contributed by atoms with E-state index in [1.165, 1.54) is 0 Å². The van der Waals surface area contributed by atoms with Crippen molar-refractivity contribution in [3.8, 4) is 0 Å². The van der Waals surface area contributed by atoms with Gasteiger partial charge in [-0.05, 0) is 26.0 Å². The summed E-state index contributed by atoms with van der Waals surface area (Å²) in [7, 11) is 0. The molecule has 4 aromatic rings. The first-order valence-corrected chi connectivity index (χ1v) is 12.7.